The van der Waals surface area contributed by atoms with Gasteiger partial charge in [0.05, 0.1) is 29.0 Å². The van der Waals surface area contributed by atoms with Crippen LogP contribution in [0.4, 0.5) is 10.1 Å². The molecule has 1 amide bonds. The van der Waals surface area contributed by atoms with E-state index in [1.165, 1.54) is 6.07 Å². The standard InChI is InChI=1S/C17H16FN3OS/c1-21(10-16(22)19-13-7-3-2-6-12(13)18)11-17-20-14-8-4-5-9-15(14)23-17/h2-9H,10-11H2,1H3,(H,19,22). The number of carbonyl (C=O) groups excluding carboxylic acids is 1. The van der Waals surface area contributed by atoms with Gasteiger partial charge in [-0.25, -0.2) is 9.37 Å². The number of benzene rings is 2. The summed E-state index contributed by atoms with van der Waals surface area (Å²) < 4.78 is 14.6. The lowest BCUT2D eigenvalue weighted by molar-refractivity contribution is -0.117. The van der Waals surface area contributed by atoms with E-state index in [2.05, 4.69) is 10.3 Å². The molecule has 0 saturated carbocycles. The zero-order valence-corrected chi connectivity index (χ0v) is 13.4. The number of rotatable bonds is 5. The van der Waals surface area contributed by atoms with Crippen molar-refractivity contribution in [1.29, 1.82) is 0 Å². The molecule has 0 aliphatic carbocycles. The highest BCUT2D eigenvalue weighted by atomic mass is 32.1. The number of fused-ring (bicyclic) bond motifs is 1. The van der Waals surface area contributed by atoms with Crippen LogP contribution in [-0.4, -0.2) is 29.4 Å². The molecule has 0 bridgehead atoms. The van der Waals surface area contributed by atoms with Crippen LogP contribution in [-0.2, 0) is 11.3 Å². The van der Waals surface area contributed by atoms with Crippen molar-refractivity contribution in [3.05, 3.63) is 59.4 Å². The molecule has 0 aliphatic heterocycles. The van der Waals surface area contributed by atoms with Crippen LogP contribution in [0.5, 0.6) is 0 Å². The van der Waals surface area contributed by atoms with Crippen molar-refractivity contribution in [2.45, 2.75) is 6.54 Å². The second-order valence-electron chi connectivity index (χ2n) is 5.28. The Morgan fingerprint density at radius 2 is 1.96 bits per heavy atom. The van der Waals surface area contributed by atoms with Crippen LogP contribution in [0.25, 0.3) is 10.2 Å². The number of aromatic nitrogens is 1. The number of carbonyl (C=O) groups is 1. The Morgan fingerprint density at radius 3 is 2.74 bits per heavy atom. The number of hydrogen-bond acceptors (Lipinski definition) is 4. The Bertz CT molecular complexity index is 800. The average molecular weight is 329 g/mol. The Hall–Kier alpha value is -2.31. The number of para-hydroxylation sites is 2. The zero-order chi connectivity index (χ0) is 16.2. The Kier molecular flexibility index (Phi) is 4.64. The zero-order valence-electron chi connectivity index (χ0n) is 12.6. The number of nitrogens with zero attached hydrogens (tertiary/aromatic N) is 2. The van der Waals surface area contributed by atoms with Crippen molar-refractivity contribution in [2.24, 2.45) is 0 Å². The third kappa shape index (κ3) is 3.91. The van der Waals surface area contributed by atoms with Crippen LogP contribution in [0.2, 0.25) is 0 Å². The monoisotopic (exact) mass is 329 g/mol. The lowest BCUT2D eigenvalue weighted by Gasteiger charge is -2.14. The third-order valence-corrected chi connectivity index (χ3v) is 4.33. The third-order valence-electron chi connectivity index (χ3n) is 3.30. The molecule has 118 valence electrons. The van der Waals surface area contributed by atoms with Gasteiger partial charge in [0.15, 0.2) is 0 Å². The number of thiazole rings is 1. The molecule has 6 heteroatoms. The predicted octanol–water partition coefficient (Wildman–Crippen LogP) is 3.51. The van der Waals surface area contributed by atoms with E-state index in [4.69, 9.17) is 0 Å². The first-order valence-electron chi connectivity index (χ1n) is 7.19. The minimum atomic E-state index is -0.435. The normalized spacial score (nSPS) is 11.1. The van der Waals surface area contributed by atoms with E-state index in [0.29, 0.717) is 6.54 Å². The molecular weight excluding hydrogens is 313 g/mol. The molecule has 0 unspecified atom stereocenters. The number of anilines is 1. The second-order valence-corrected chi connectivity index (χ2v) is 6.39. The number of halogens is 1. The summed E-state index contributed by atoms with van der Waals surface area (Å²) in [6.07, 6.45) is 0. The van der Waals surface area contributed by atoms with Gasteiger partial charge >= 0.3 is 0 Å². The first-order valence-corrected chi connectivity index (χ1v) is 8.01. The molecule has 0 fully saturated rings. The van der Waals surface area contributed by atoms with Gasteiger partial charge in [0, 0.05) is 0 Å². The summed E-state index contributed by atoms with van der Waals surface area (Å²) in [4.78, 5) is 18.4. The van der Waals surface area contributed by atoms with Gasteiger partial charge in [0.1, 0.15) is 10.8 Å². The van der Waals surface area contributed by atoms with Gasteiger partial charge in [-0.15, -0.1) is 11.3 Å². The van der Waals surface area contributed by atoms with Crippen LogP contribution in [0.3, 0.4) is 0 Å². The predicted molar refractivity (Wildman–Crippen MR) is 91.0 cm³/mol. The van der Waals surface area contributed by atoms with Crippen molar-refractivity contribution < 1.29 is 9.18 Å². The van der Waals surface area contributed by atoms with Gasteiger partial charge < -0.3 is 5.32 Å². The maximum absolute atomic E-state index is 13.5. The fourth-order valence-electron chi connectivity index (χ4n) is 2.27. The fraction of sp³-hybridized carbons (Fsp3) is 0.176. The summed E-state index contributed by atoms with van der Waals surface area (Å²) in [6.45, 7) is 0.744. The summed E-state index contributed by atoms with van der Waals surface area (Å²) in [6, 6.07) is 14.1. The smallest absolute Gasteiger partial charge is 0.238 e. The van der Waals surface area contributed by atoms with E-state index in [0.717, 1.165) is 15.2 Å². The molecule has 0 radical (unpaired) electrons. The van der Waals surface area contributed by atoms with Crippen molar-refractivity contribution in [3.8, 4) is 0 Å². The van der Waals surface area contributed by atoms with E-state index < -0.39 is 5.82 Å². The van der Waals surface area contributed by atoms with Gasteiger partial charge in [0.25, 0.3) is 0 Å². The van der Waals surface area contributed by atoms with Crippen molar-refractivity contribution in [1.82, 2.24) is 9.88 Å². The summed E-state index contributed by atoms with van der Waals surface area (Å²) in [7, 11) is 1.84. The maximum Gasteiger partial charge on any atom is 0.238 e. The number of likely N-dealkylation sites (N-methyl/N-ethyl adjacent to an activating group) is 1. The maximum atomic E-state index is 13.5. The molecule has 3 aromatic rings. The van der Waals surface area contributed by atoms with Crippen molar-refractivity contribution >= 4 is 33.1 Å². The summed E-state index contributed by atoms with van der Waals surface area (Å²) >= 11 is 1.61. The molecule has 3 rings (SSSR count). The molecule has 1 heterocycles. The van der Waals surface area contributed by atoms with Crippen LogP contribution >= 0.6 is 11.3 Å². The van der Waals surface area contributed by atoms with Gasteiger partial charge in [0.2, 0.25) is 5.91 Å². The first-order chi connectivity index (χ1) is 11.1. The number of amides is 1. The van der Waals surface area contributed by atoms with Crippen molar-refractivity contribution in [3.63, 3.8) is 0 Å². The highest BCUT2D eigenvalue weighted by molar-refractivity contribution is 7.18. The Balaban J connectivity index is 1.59. The highest BCUT2D eigenvalue weighted by Crippen LogP contribution is 2.22. The SMILES string of the molecule is CN(CC(=O)Nc1ccccc1F)Cc1nc2ccccc2s1. The van der Waals surface area contributed by atoms with E-state index in [1.807, 2.05) is 36.2 Å². The molecule has 23 heavy (non-hydrogen) atoms. The van der Waals surface area contributed by atoms with Crippen LogP contribution in [0, 0.1) is 5.82 Å². The second kappa shape index (κ2) is 6.85. The fourth-order valence-corrected chi connectivity index (χ4v) is 3.32. The summed E-state index contributed by atoms with van der Waals surface area (Å²) in [5, 5.41) is 3.53. The van der Waals surface area contributed by atoms with Gasteiger partial charge in [-0.2, -0.15) is 0 Å². The van der Waals surface area contributed by atoms with Crippen molar-refractivity contribution in [2.75, 3.05) is 18.9 Å². The Labute approximate surface area is 137 Å². The molecular formula is C17H16FN3OS. The molecule has 2 aromatic carbocycles. The van der Waals surface area contributed by atoms with Gasteiger partial charge in [-0.1, -0.05) is 24.3 Å². The highest BCUT2D eigenvalue weighted by Gasteiger charge is 2.11. The first kappa shape index (κ1) is 15.6. The van der Waals surface area contributed by atoms with Gasteiger partial charge in [-0.3, -0.25) is 9.69 Å². The largest absolute Gasteiger partial charge is 0.322 e. The van der Waals surface area contributed by atoms with Crippen LogP contribution < -0.4 is 5.32 Å². The van der Waals surface area contributed by atoms with E-state index >= 15 is 0 Å². The lowest BCUT2D eigenvalue weighted by Crippen LogP contribution is -2.30. The van der Waals surface area contributed by atoms with Gasteiger partial charge in [-0.05, 0) is 31.3 Å². The van der Waals surface area contributed by atoms with E-state index in [9.17, 15) is 9.18 Å². The van der Waals surface area contributed by atoms with E-state index in [1.54, 1.807) is 29.5 Å². The van der Waals surface area contributed by atoms with Crippen LogP contribution in [0.15, 0.2) is 48.5 Å². The molecule has 1 aromatic heterocycles. The lowest BCUT2D eigenvalue weighted by atomic mass is 10.3. The molecule has 4 nitrogen and oxygen atoms in total. The molecule has 0 saturated heterocycles. The summed E-state index contributed by atoms with van der Waals surface area (Å²) in [5.41, 5.74) is 1.17. The molecule has 0 atom stereocenters. The topological polar surface area (TPSA) is 45.2 Å². The minimum Gasteiger partial charge on any atom is -0.322 e. The number of nitrogens with one attached hydrogen (secondary N) is 1. The molecule has 0 aliphatic rings. The summed E-state index contributed by atoms with van der Waals surface area (Å²) in [5.74, 6) is -0.687. The average Bonchev–Trinajstić information content (AvgIpc) is 2.91. The molecule has 1 N–H and O–H groups in total. The Morgan fingerprint density at radius 1 is 1.22 bits per heavy atom. The van der Waals surface area contributed by atoms with E-state index in [-0.39, 0.29) is 18.1 Å². The molecule has 0 spiro atoms. The number of hydrogen-bond donors (Lipinski definition) is 1. The minimum absolute atomic E-state index is 0.171. The van der Waals surface area contributed by atoms with Crippen LogP contribution in [0.1, 0.15) is 5.01 Å². The quantitative estimate of drug-likeness (QED) is 0.779.